The molecule has 2 aliphatic rings. The van der Waals surface area contributed by atoms with E-state index in [-0.39, 0.29) is 22.2 Å². The first kappa shape index (κ1) is 19.9. The standard InChI is InChI=1S/C23H34N2Se/c1-20(2)13-12-19(23(7,8)24-20)26-17-11-9-10-16(14-17)18-15-21(3,4)25-22(18,5)6/h9-15,19,24-25H,1-8H3. The summed E-state index contributed by atoms with van der Waals surface area (Å²) in [7, 11) is 0. The number of hydrogen-bond acceptors (Lipinski definition) is 2. The average Bonchev–Trinajstić information content (AvgIpc) is 2.69. The molecule has 0 bridgehead atoms. The monoisotopic (exact) mass is 418 g/mol. The first-order chi connectivity index (χ1) is 11.8. The van der Waals surface area contributed by atoms with Crippen LogP contribution in [0.15, 0.2) is 42.5 Å². The van der Waals surface area contributed by atoms with Gasteiger partial charge in [0, 0.05) is 0 Å². The van der Waals surface area contributed by atoms with Crippen molar-refractivity contribution in [2.24, 2.45) is 0 Å². The molecule has 0 saturated heterocycles. The molecule has 0 radical (unpaired) electrons. The Bertz CT molecular complexity index is 753. The molecule has 0 fully saturated rings. The van der Waals surface area contributed by atoms with E-state index < -0.39 is 0 Å². The van der Waals surface area contributed by atoms with Crippen LogP contribution in [-0.4, -0.2) is 37.1 Å². The molecule has 3 heteroatoms. The van der Waals surface area contributed by atoms with E-state index in [0.29, 0.717) is 19.8 Å². The minimum absolute atomic E-state index is 0.00468. The summed E-state index contributed by atoms with van der Waals surface area (Å²) >= 11 is 0.395. The predicted octanol–water partition coefficient (Wildman–Crippen LogP) is 4.07. The van der Waals surface area contributed by atoms with Crippen LogP contribution in [0.3, 0.4) is 0 Å². The van der Waals surface area contributed by atoms with E-state index in [1.165, 1.54) is 15.6 Å². The fourth-order valence-electron chi connectivity index (χ4n) is 4.48. The van der Waals surface area contributed by atoms with Crippen LogP contribution >= 0.6 is 0 Å². The zero-order chi connectivity index (χ0) is 19.4. The molecule has 1 unspecified atom stereocenters. The van der Waals surface area contributed by atoms with Crippen LogP contribution < -0.4 is 15.1 Å². The molecule has 1 aromatic carbocycles. The molecule has 0 amide bonds. The summed E-state index contributed by atoms with van der Waals surface area (Å²) in [6, 6.07) is 9.21. The van der Waals surface area contributed by atoms with E-state index in [1.54, 1.807) is 0 Å². The third-order valence-corrected chi connectivity index (χ3v) is 8.47. The first-order valence-electron chi connectivity index (χ1n) is 9.58. The van der Waals surface area contributed by atoms with Crippen molar-refractivity contribution in [2.75, 3.05) is 0 Å². The van der Waals surface area contributed by atoms with Gasteiger partial charge in [-0.25, -0.2) is 0 Å². The van der Waals surface area contributed by atoms with Crippen LogP contribution in [0, 0.1) is 0 Å². The molecule has 2 aliphatic heterocycles. The summed E-state index contributed by atoms with van der Waals surface area (Å²) in [5.41, 5.74) is 3.02. The third kappa shape index (κ3) is 4.17. The average molecular weight is 417 g/mol. The zero-order valence-corrected chi connectivity index (χ0v) is 19.2. The molecule has 0 aliphatic carbocycles. The van der Waals surface area contributed by atoms with E-state index in [4.69, 9.17) is 0 Å². The second-order valence-electron chi connectivity index (χ2n) is 10.0. The molecule has 0 saturated carbocycles. The number of rotatable bonds is 3. The number of nitrogens with one attached hydrogen (secondary N) is 2. The topological polar surface area (TPSA) is 24.1 Å². The van der Waals surface area contributed by atoms with Crippen LogP contribution in [0.2, 0.25) is 4.82 Å². The van der Waals surface area contributed by atoms with Gasteiger partial charge in [-0.3, -0.25) is 0 Å². The van der Waals surface area contributed by atoms with Crippen molar-refractivity contribution >= 4 is 25.0 Å². The Morgan fingerprint density at radius 1 is 0.885 bits per heavy atom. The van der Waals surface area contributed by atoms with E-state index in [1.807, 2.05) is 0 Å². The van der Waals surface area contributed by atoms with Crippen molar-refractivity contribution in [1.82, 2.24) is 10.6 Å². The third-order valence-electron chi connectivity index (χ3n) is 5.26. The van der Waals surface area contributed by atoms with Gasteiger partial charge in [0.25, 0.3) is 0 Å². The molecule has 3 rings (SSSR count). The molecule has 1 atom stereocenters. The van der Waals surface area contributed by atoms with Gasteiger partial charge in [0.2, 0.25) is 0 Å². The van der Waals surface area contributed by atoms with Crippen LogP contribution in [0.5, 0.6) is 0 Å². The first-order valence-corrected chi connectivity index (χ1v) is 11.4. The van der Waals surface area contributed by atoms with Crippen LogP contribution in [-0.2, 0) is 0 Å². The van der Waals surface area contributed by atoms with Gasteiger partial charge in [-0.15, -0.1) is 0 Å². The normalized spacial score (nSPS) is 28.0. The van der Waals surface area contributed by atoms with Gasteiger partial charge < -0.3 is 0 Å². The van der Waals surface area contributed by atoms with Crippen LogP contribution in [0.25, 0.3) is 5.57 Å². The summed E-state index contributed by atoms with van der Waals surface area (Å²) < 4.78 is 1.47. The maximum atomic E-state index is 3.80. The number of hydrogen-bond donors (Lipinski definition) is 2. The van der Waals surface area contributed by atoms with Gasteiger partial charge in [0.1, 0.15) is 0 Å². The molecular weight excluding hydrogens is 383 g/mol. The summed E-state index contributed by atoms with van der Waals surface area (Å²) in [4.78, 5) is 0.554. The van der Waals surface area contributed by atoms with E-state index >= 15 is 0 Å². The molecule has 0 aromatic heterocycles. The molecule has 2 heterocycles. The Balaban J connectivity index is 1.87. The SMILES string of the molecule is CC1(C)C=C(c2cccc([Se]C3C=CC(C)(C)NC3(C)C)c2)C(C)(C)N1. The molecule has 142 valence electrons. The second-order valence-corrected chi connectivity index (χ2v) is 12.6. The van der Waals surface area contributed by atoms with Gasteiger partial charge in [-0.1, -0.05) is 0 Å². The summed E-state index contributed by atoms with van der Waals surface area (Å²) in [6.45, 7) is 18.2. The van der Waals surface area contributed by atoms with Crippen molar-refractivity contribution in [2.45, 2.75) is 82.4 Å². The van der Waals surface area contributed by atoms with Crippen molar-refractivity contribution in [3.63, 3.8) is 0 Å². The van der Waals surface area contributed by atoms with Gasteiger partial charge in [-0.2, -0.15) is 0 Å². The Morgan fingerprint density at radius 2 is 1.58 bits per heavy atom. The molecule has 2 nitrogen and oxygen atoms in total. The fraction of sp³-hybridized carbons (Fsp3) is 0.565. The van der Waals surface area contributed by atoms with Crippen LogP contribution in [0.1, 0.15) is 61.0 Å². The van der Waals surface area contributed by atoms with Crippen molar-refractivity contribution in [3.05, 3.63) is 48.1 Å². The predicted molar refractivity (Wildman–Crippen MR) is 115 cm³/mol. The fourth-order valence-corrected chi connectivity index (χ4v) is 6.90. The molecule has 26 heavy (non-hydrogen) atoms. The molecule has 2 N–H and O–H groups in total. The van der Waals surface area contributed by atoms with E-state index in [2.05, 4.69) is 109 Å². The number of benzene rings is 1. The van der Waals surface area contributed by atoms with E-state index in [9.17, 15) is 0 Å². The quantitative estimate of drug-likeness (QED) is 0.573. The maximum absolute atomic E-state index is 3.80. The van der Waals surface area contributed by atoms with E-state index in [0.717, 1.165) is 0 Å². The van der Waals surface area contributed by atoms with Gasteiger partial charge in [0.05, 0.1) is 0 Å². The summed E-state index contributed by atoms with van der Waals surface area (Å²) in [5.74, 6) is 0. The minimum atomic E-state index is 0.00468. The summed E-state index contributed by atoms with van der Waals surface area (Å²) in [6.07, 6.45) is 7.17. The molecule has 0 spiro atoms. The molecule has 1 aromatic rings. The van der Waals surface area contributed by atoms with Crippen LogP contribution in [0.4, 0.5) is 0 Å². The van der Waals surface area contributed by atoms with Crippen molar-refractivity contribution < 1.29 is 0 Å². The Labute approximate surface area is 166 Å². The summed E-state index contributed by atoms with van der Waals surface area (Å²) in [5, 5.41) is 7.54. The van der Waals surface area contributed by atoms with Gasteiger partial charge in [-0.05, 0) is 0 Å². The van der Waals surface area contributed by atoms with Crippen molar-refractivity contribution in [3.8, 4) is 0 Å². The van der Waals surface area contributed by atoms with Crippen molar-refractivity contribution in [1.29, 1.82) is 0 Å². The second kappa shape index (κ2) is 6.34. The Kier molecular flexibility index (Phi) is 4.85. The van der Waals surface area contributed by atoms with Gasteiger partial charge >= 0.3 is 166 Å². The Hall–Kier alpha value is -0.861. The zero-order valence-electron chi connectivity index (χ0n) is 17.5. The van der Waals surface area contributed by atoms with Gasteiger partial charge in [0.15, 0.2) is 0 Å². The molecular formula is C23H34N2Se. The Morgan fingerprint density at radius 3 is 2.15 bits per heavy atom.